The molecule has 0 aromatic carbocycles. The van der Waals surface area contributed by atoms with E-state index in [0.717, 1.165) is 248 Å². The maximum atomic E-state index is 13.4. The van der Waals surface area contributed by atoms with E-state index in [-0.39, 0.29) is 91.8 Å². The van der Waals surface area contributed by atoms with Gasteiger partial charge in [0, 0.05) is 196 Å². The topological polar surface area (TPSA) is 403 Å². The molecule has 11 aliphatic rings. The monoisotopic (exact) mass is 1910 g/mol. The Hall–Kier alpha value is -13.3. The molecule has 19 heterocycles. The molecule has 11 fully saturated rings. The van der Waals surface area contributed by atoms with E-state index >= 15 is 0 Å². The van der Waals surface area contributed by atoms with Crippen LogP contribution < -0.4 is 73.7 Å². The average Bonchev–Trinajstić information content (AvgIpc) is 1.60. The van der Waals surface area contributed by atoms with Gasteiger partial charge in [0.05, 0.1) is 93.9 Å². The highest BCUT2D eigenvalue weighted by atomic mass is 16.2. The first-order chi connectivity index (χ1) is 68.2. The second kappa shape index (κ2) is 40.4. The fraction of sp³-hybridized carbons (Fsp3) is 0.505. The number of anilines is 12. The number of aromatic nitrogens is 16. The number of hydrogen-bond acceptors (Lipinski definition) is 32. The van der Waals surface area contributed by atoms with Gasteiger partial charge in [0.25, 0.3) is 22.2 Å². The predicted octanol–water partition coefficient (Wildman–Crippen LogP) is 14.5. The summed E-state index contributed by atoms with van der Waals surface area (Å²) in [7, 11) is 2.23. The third kappa shape index (κ3) is 19.0. The lowest BCUT2D eigenvalue weighted by Gasteiger charge is -2.39. The SMILES string of the molecule is CC(=O)c1c(C)c2cnc(Nc3cnc(N4CC5CC4CN5)cn3)cc2n(C2CCCC2)c1=O.CC(=O)c1c(C)c2cnc(Nc3cnc(N4CC5CC4CN5C(C)C)cn3)cc2n(C2CCCC2)c1=O.CC(=O)c1c(C)c2cnc(Nc3cnc(N4CC5CCC(C4)N5C)cn3)cc2n(C2CCCC2)c1=O.CC(=O)c1c(C)c2cnc(Nc3cnc(N4CCCNCC4)cn3)cc2n(C2CCCC2)c1=O. The molecule has 141 heavy (non-hydrogen) atoms. The molecule has 6 N–H and O–H groups in total. The van der Waals surface area contributed by atoms with Crippen LogP contribution in [0.4, 0.5) is 69.8 Å². The van der Waals surface area contributed by atoms with Crippen LogP contribution >= 0.6 is 0 Å². The van der Waals surface area contributed by atoms with Crippen molar-refractivity contribution in [2.24, 2.45) is 0 Å². The highest BCUT2D eigenvalue weighted by Crippen LogP contribution is 2.42. The zero-order valence-corrected chi connectivity index (χ0v) is 82.6. The minimum Gasteiger partial charge on any atom is -0.354 e. The average molecular weight is 1910 g/mol. The van der Waals surface area contributed by atoms with E-state index < -0.39 is 0 Å². The van der Waals surface area contributed by atoms with Gasteiger partial charge in [0.1, 0.15) is 69.8 Å². The van der Waals surface area contributed by atoms with Crippen molar-refractivity contribution in [1.29, 1.82) is 0 Å². The van der Waals surface area contributed by atoms with Crippen LogP contribution in [-0.2, 0) is 0 Å². The van der Waals surface area contributed by atoms with Crippen LogP contribution in [0.1, 0.15) is 264 Å². The number of pyridine rings is 8. The number of ketones is 4. The molecule has 23 rings (SSSR count). The van der Waals surface area contributed by atoms with Crippen molar-refractivity contribution in [1.82, 2.24) is 98.5 Å². The molecular weight excluding hydrogens is 1780 g/mol. The maximum Gasteiger partial charge on any atom is 0.262 e. The zero-order chi connectivity index (χ0) is 97.9. The smallest absolute Gasteiger partial charge is 0.262 e. The molecule has 7 saturated heterocycles. The molecule has 6 unspecified atom stereocenters. The second-order valence-corrected chi connectivity index (χ2v) is 40.7. The Balaban J connectivity index is 0.000000115. The van der Waals surface area contributed by atoms with Crippen LogP contribution in [0.2, 0.25) is 0 Å². The standard InChI is InChI=1S/C28H35N7O2.C27H33N7O2.C25H29N7O2.C25H31N7O2/c1-16(2)33-14-21-9-20(33)15-34(21)26-13-30-25(12-31-26)32-24-10-23-22(11-29-24)17(3)27(18(4)36)28(37)35(23)19-7-5-6-8-19;1-16-21-11-28-23(10-22(21)34(18-6-4-5-7-18)27(36)26(16)17(2)35)31-24-12-30-25(13-29-24)33-14-19-8-9-20(15-33)32(19)3;1-14-19-10-27-21(8-20(19)32(17-5-3-4-6-17)25(34)24(14)15(2)33)30-22-11-29-23(12-28-22)31-13-16-7-18(31)9-26-16;1-16-19-13-27-21(30-22-14-29-23(15-28-22)31-10-5-8-26-9-11-31)12-20(19)32(18-6-3-4-7-18)25(34)24(16)17(2)33/h10-13,16,19-21H,5-9,14-15H2,1-4H3,(H,29,30,32);10-13,18-20H,4-9,14-15H2,1-3H3,(H,28,29,31);8,10-12,16-18,26H,3-7,9,13H2,1-2H3,(H,27,28,30);12-15,18,26H,3-11H2,1-2H3,(H,27,28,30). The highest BCUT2D eigenvalue weighted by Gasteiger charge is 2.46. The van der Waals surface area contributed by atoms with E-state index in [0.29, 0.717) is 111 Å². The largest absolute Gasteiger partial charge is 0.354 e. The number of aryl methyl sites for hydroxylation is 4. The quantitative estimate of drug-likeness (QED) is 0.0364. The number of fused-ring (bicyclic) bond motifs is 10. The molecule has 0 radical (unpaired) electrons. The Morgan fingerprint density at radius 3 is 0.965 bits per heavy atom. The van der Waals surface area contributed by atoms with Gasteiger partial charge in [-0.15, -0.1) is 0 Å². The van der Waals surface area contributed by atoms with Gasteiger partial charge in [-0.3, -0.25) is 48.2 Å². The van der Waals surface area contributed by atoms with Gasteiger partial charge in [-0.25, -0.2) is 59.8 Å². The van der Waals surface area contributed by atoms with Gasteiger partial charge in [-0.1, -0.05) is 51.4 Å². The lowest BCUT2D eigenvalue weighted by atomic mass is 10.0. The van der Waals surface area contributed by atoms with E-state index in [9.17, 15) is 38.4 Å². The summed E-state index contributed by atoms with van der Waals surface area (Å²) < 4.78 is 7.30. The van der Waals surface area contributed by atoms with Gasteiger partial charge in [0.15, 0.2) is 23.1 Å². The number of rotatable bonds is 21. The molecule has 4 aliphatic carbocycles. The van der Waals surface area contributed by atoms with Crippen molar-refractivity contribution >= 4 is 137 Å². The van der Waals surface area contributed by atoms with Gasteiger partial charge in [0.2, 0.25) is 0 Å². The molecule has 36 nitrogen and oxygen atoms in total. The van der Waals surface area contributed by atoms with Crippen LogP contribution in [0.5, 0.6) is 0 Å². The first-order valence-corrected chi connectivity index (χ1v) is 50.8. The van der Waals surface area contributed by atoms with Crippen LogP contribution in [0.3, 0.4) is 0 Å². The van der Waals surface area contributed by atoms with E-state index in [4.69, 9.17) is 4.98 Å². The van der Waals surface area contributed by atoms with Crippen molar-refractivity contribution in [3.05, 3.63) is 185 Å². The minimum absolute atomic E-state index is 0.102. The fourth-order valence-corrected chi connectivity index (χ4v) is 24.4. The molecule has 7 aliphatic heterocycles. The first-order valence-electron chi connectivity index (χ1n) is 50.8. The summed E-state index contributed by atoms with van der Waals surface area (Å²) in [5, 5.41) is 23.2. The molecule has 736 valence electrons. The number of carbonyl (C=O) groups excluding carboxylic acids is 4. The molecule has 4 saturated carbocycles. The lowest BCUT2D eigenvalue weighted by molar-refractivity contribution is 0.100. The summed E-state index contributed by atoms with van der Waals surface area (Å²) in [5.74, 6) is 7.58. The number of likely N-dealkylation sites (tertiary alicyclic amines) is 1. The van der Waals surface area contributed by atoms with Crippen molar-refractivity contribution in [2.75, 3.05) is 113 Å². The molecular formula is C105H128N28O8. The van der Waals surface area contributed by atoms with Gasteiger partial charge in [-0.2, -0.15) is 0 Å². The minimum atomic E-state index is -0.200. The van der Waals surface area contributed by atoms with Crippen LogP contribution in [0, 0.1) is 27.7 Å². The normalized spacial score (nSPS) is 21.0. The summed E-state index contributed by atoms with van der Waals surface area (Å²) in [6.45, 7) is 27.6. The third-order valence-corrected chi connectivity index (χ3v) is 31.6. The van der Waals surface area contributed by atoms with Gasteiger partial charge >= 0.3 is 0 Å². The highest BCUT2D eigenvalue weighted by molar-refractivity contribution is 6.03. The molecule has 36 heteroatoms. The van der Waals surface area contributed by atoms with Gasteiger partial charge in [-0.05, 0) is 189 Å². The van der Waals surface area contributed by atoms with E-state index in [1.54, 1.807) is 55.8 Å². The second-order valence-electron chi connectivity index (χ2n) is 40.7. The molecule has 12 aromatic rings. The number of nitrogens with zero attached hydrogens (tertiary/aromatic N) is 22. The van der Waals surface area contributed by atoms with E-state index in [1.165, 1.54) is 47.0 Å². The summed E-state index contributed by atoms with van der Waals surface area (Å²) in [6, 6.07) is 11.9. The summed E-state index contributed by atoms with van der Waals surface area (Å²) in [5.41, 5.74) is 6.32. The molecule has 0 spiro atoms. The fourth-order valence-electron chi connectivity index (χ4n) is 24.4. The van der Waals surface area contributed by atoms with Crippen LogP contribution in [-0.4, -0.2) is 226 Å². The molecule has 6 atom stereocenters. The maximum absolute atomic E-state index is 13.4. The zero-order valence-electron chi connectivity index (χ0n) is 82.6. The number of likely N-dealkylation sites (N-methyl/N-ethyl adjacent to an activating group) is 1. The Kier molecular flexibility index (Phi) is 27.3. The van der Waals surface area contributed by atoms with Crippen molar-refractivity contribution in [3.8, 4) is 0 Å². The number of nitrogens with one attached hydrogen (secondary N) is 6. The van der Waals surface area contributed by atoms with Crippen LogP contribution in [0.25, 0.3) is 43.6 Å². The lowest BCUT2D eigenvalue weighted by Crippen LogP contribution is -2.52. The first kappa shape index (κ1) is 95.2. The van der Waals surface area contributed by atoms with Crippen LogP contribution in [0.15, 0.2) is 118 Å². The van der Waals surface area contributed by atoms with E-state index in [2.05, 4.69) is 137 Å². The Bertz CT molecular complexity index is 7020. The number of Topliss-reactive ketones (excluding diaryl/α,β-unsaturated/α-hetero) is 4. The Labute approximate surface area is 818 Å². The van der Waals surface area contributed by atoms with Gasteiger partial charge < -0.3 is 69.8 Å². The Morgan fingerprint density at radius 1 is 0.333 bits per heavy atom. The van der Waals surface area contributed by atoms with E-state index in [1.807, 2.05) is 88.8 Å². The van der Waals surface area contributed by atoms with Crippen molar-refractivity contribution in [3.63, 3.8) is 0 Å². The molecule has 6 bridgehead atoms. The Morgan fingerprint density at radius 2 is 0.667 bits per heavy atom. The summed E-state index contributed by atoms with van der Waals surface area (Å²) in [4.78, 5) is 173. The summed E-state index contributed by atoms with van der Waals surface area (Å²) in [6.07, 6.45) is 43.4. The van der Waals surface area contributed by atoms with Crippen molar-refractivity contribution < 1.29 is 19.2 Å². The van der Waals surface area contributed by atoms with Crippen molar-refractivity contribution in [2.45, 2.75) is 271 Å². The molecule has 12 aromatic heterocycles. The number of carbonyl (C=O) groups is 4. The predicted molar refractivity (Wildman–Crippen MR) is 550 cm³/mol. The third-order valence-electron chi connectivity index (χ3n) is 31.6. The number of piperazine rings is 3. The number of hydrogen-bond donors (Lipinski definition) is 6. The summed E-state index contributed by atoms with van der Waals surface area (Å²) >= 11 is 0. The molecule has 0 amide bonds.